The van der Waals surface area contributed by atoms with Crippen molar-refractivity contribution in [2.24, 2.45) is 0 Å². The highest BCUT2D eigenvalue weighted by atomic mass is 79.9. The minimum atomic E-state index is -1.04. The summed E-state index contributed by atoms with van der Waals surface area (Å²) in [6.07, 6.45) is 0.674. The maximum atomic E-state index is 12.2. The van der Waals surface area contributed by atoms with Crippen molar-refractivity contribution in [3.63, 3.8) is 0 Å². The molecule has 2 N–H and O–H groups in total. The van der Waals surface area contributed by atoms with Gasteiger partial charge in [0.2, 0.25) is 0 Å². The molecular formula is C14H19BrN2O4. The predicted molar refractivity (Wildman–Crippen MR) is 83.8 cm³/mol. The molecule has 0 fully saturated rings. The Labute approximate surface area is 132 Å². The summed E-state index contributed by atoms with van der Waals surface area (Å²) in [5.74, 6) is -0.390. The van der Waals surface area contributed by atoms with Crippen molar-refractivity contribution in [2.45, 2.75) is 26.3 Å². The Morgan fingerprint density at radius 2 is 2.14 bits per heavy atom. The molecular weight excluding hydrogens is 340 g/mol. The van der Waals surface area contributed by atoms with Crippen molar-refractivity contribution < 1.29 is 19.4 Å². The third kappa shape index (κ3) is 4.93. The molecule has 0 aromatic heterocycles. The quantitative estimate of drug-likeness (QED) is 0.818. The van der Waals surface area contributed by atoms with Crippen molar-refractivity contribution in [1.82, 2.24) is 4.90 Å². The average molecular weight is 359 g/mol. The monoisotopic (exact) mass is 358 g/mol. The summed E-state index contributed by atoms with van der Waals surface area (Å²) in [5.41, 5.74) is 0.561. The highest BCUT2D eigenvalue weighted by Crippen LogP contribution is 2.27. The van der Waals surface area contributed by atoms with Gasteiger partial charge < -0.3 is 20.1 Å². The number of hydrogen-bond donors (Lipinski definition) is 2. The zero-order valence-corrected chi connectivity index (χ0v) is 13.8. The fourth-order valence-electron chi connectivity index (χ4n) is 1.73. The Balaban J connectivity index is 2.85. The standard InChI is InChI=1S/C14H19BrN2O4/c1-4-9(2)17(8-13(18)19)14(20)16-10-5-6-12(21-3)11(15)7-10/h5-7,9H,4,8H2,1-3H3,(H,16,20)(H,18,19). The summed E-state index contributed by atoms with van der Waals surface area (Å²) in [5, 5.41) is 11.6. The summed E-state index contributed by atoms with van der Waals surface area (Å²) in [6, 6.07) is 4.50. The Hall–Kier alpha value is -1.76. The molecule has 0 radical (unpaired) electrons. The van der Waals surface area contributed by atoms with Crippen LogP contribution >= 0.6 is 15.9 Å². The van der Waals surface area contributed by atoms with E-state index in [0.29, 0.717) is 22.3 Å². The SMILES string of the molecule is CCC(C)N(CC(=O)O)C(=O)Nc1ccc(OC)c(Br)c1. The summed E-state index contributed by atoms with van der Waals surface area (Å²) in [6.45, 7) is 3.38. The number of nitrogens with one attached hydrogen (secondary N) is 1. The number of rotatable bonds is 6. The maximum Gasteiger partial charge on any atom is 0.323 e. The number of hydrogen-bond acceptors (Lipinski definition) is 3. The molecule has 1 aromatic rings. The number of amides is 2. The molecule has 0 saturated heterocycles. The summed E-state index contributed by atoms with van der Waals surface area (Å²) < 4.78 is 5.82. The fourth-order valence-corrected chi connectivity index (χ4v) is 2.27. The van der Waals surface area contributed by atoms with Crippen LogP contribution in [0.15, 0.2) is 22.7 Å². The molecule has 1 rings (SSSR count). The largest absolute Gasteiger partial charge is 0.496 e. The second kappa shape index (κ2) is 7.87. The number of ether oxygens (including phenoxy) is 1. The lowest BCUT2D eigenvalue weighted by molar-refractivity contribution is -0.138. The van der Waals surface area contributed by atoms with E-state index in [1.165, 1.54) is 4.90 Å². The number of carbonyl (C=O) groups excluding carboxylic acids is 1. The van der Waals surface area contributed by atoms with Gasteiger partial charge in [0, 0.05) is 11.7 Å². The van der Waals surface area contributed by atoms with Crippen molar-refractivity contribution >= 4 is 33.6 Å². The Morgan fingerprint density at radius 1 is 1.48 bits per heavy atom. The molecule has 1 atom stereocenters. The van der Waals surface area contributed by atoms with E-state index >= 15 is 0 Å². The van der Waals surface area contributed by atoms with Gasteiger partial charge in [-0.2, -0.15) is 0 Å². The molecule has 0 aliphatic rings. The van der Waals surface area contributed by atoms with Crippen LogP contribution in [0.25, 0.3) is 0 Å². The van der Waals surface area contributed by atoms with Crippen LogP contribution in [0.1, 0.15) is 20.3 Å². The van der Waals surface area contributed by atoms with E-state index in [4.69, 9.17) is 9.84 Å². The number of anilines is 1. The molecule has 0 saturated carbocycles. The maximum absolute atomic E-state index is 12.2. The van der Waals surface area contributed by atoms with Gasteiger partial charge in [0.05, 0.1) is 11.6 Å². The van der Waals surface area contributed by atoms with Gasteiger partial charge in [-0.3, -0.25) is 4.79 Å². The molecule has 0 bridgehead atoms. The van der Waals surface area contributed by atoms with E-state index in [9.17, 15) is 9.59 Å². The lowest BCUT2D eigenvalue weighted by Crippen LogP contribution is -2.44. The van der Waals surface area contributed by atoms with Gasteiger partial charge in [0.1, 0.15) is 12.3 Å². The van der Waals surface area contributed by atoms with Gasteiger partial charge >= 0.3 is 12.0 Å². The zero-order chi connectivity index (χ0) is 16.0. The first-order valence-corrected chi connectivity index (χ1v) is 7.31. The van der Waals surface area contributed by atoms with Crippen LogP contribution in [0.2, 0.25) is 0 Å². The van der Waals surface area contributed by atoms with Gasteiger partial charge in [0.15, 0.2) is 0 Å². The number of nitrogens with zero attached hydrogens (tertiary/aromatic N) is 1. The lowest BCUT2D eigenvalue weighted by atomic mass is 10.2. The molecule has 0 aliphatic carbocycles. The van der Waals surface area contributed by atoms with Crippen LogP contribution in [0.4, 0.5) is 10.5 Å². The van der Waals surface area contributed by atoms with Crippen molar-refractivity contribution in [3.05, 3.63) is 22.7 Å². The highest BCUT2D eigenvalue weighted by Gasteiger charge is 2.21. The number of carbonyl (C=O) groups is 2. The second-order valence-electron chi connectivity index (χ2n) is 4.56. The number of aliphatic carboxylic acids is 1. The molecule has 0 spiro atoms. The average Bonchev–Trinajstić information content (AvgIpc) is 2.43. The number of urea groups is 1. The summed E-state index contributed by atoms with van der Waals surface area (Å²) in [4.78, 5) is 24.4. The van der Waals surface area contributed by atoms with E-state index in [-0.39, 0.29) is 12.6 Å². The molecule has 7 heteroatoms. The van der Waals surface area contributed by atoms with Crippen molar-refractivity contribution in [2.75, 3.05) is 19.0 Å². The number of benzene rings is 1. The molecule has 6 nitrogen and oxygen atoms in total. The third-order valence-electron chi connectivity index (χ3n) is 3.09. The normalized spacial score (nSPS) is 11.6. The smallest absolute Gasteiger partial charge is 0.323 e. The Morgan fingerprint density at radius 3 is 2.62 bits per heavy atom. The summed E-state index contributed by atoms with van der Waals surface area (Å²) in [7, 11) is 1.55. The van der Waals surface area contributed by atoms with E-state index in [0.717, 1.165) is 0 Å². The van der Waals surface area contributed by atoms with E-state index < -0.39 is 12.0 Å². The Kier molecular flexibility index (Phi) is 6.48. The van der Waals surface area contributed by atoms with E-state index in [2.05, 4.69) is 21.2 Å². The van der Waals surface area contributed by atoms with Crippen LogP contribution in [0.5, 0.6) is 5.75 Å². The Bertz CT molecular complexity index is 522. The first-order valence-electron chi connectivity index (χ1n) is 6.52. The number of carboxylic acid groups (broad SMARTS) is 1. The van der Waals surface area contributed by atoms with Crippen LogP contribution in [-0.2, 0) is 4.79 Å². The first-order chi connectivity index (χ1) is 9.88. The predicted octanol–water partition coefficient (Wildman–Crippen LogP) is 3.17. The zero-order valence-electron chi connectivity index (χ0n) is 12.2. The van der Waals surface area contributed by atoms with Gasteiger partial charge in [-0.25, -0.2) is 4.79 Å². The number of methoxy groups -OCH3 is 1. The van der Waals surface area contributed by atoms with Gasteiger partial charge in [-0.15, -0.1) is 0 Å². The fraction of sp³-hybridized carbons (Fsp3) is 0.429. The minimum absolute atomic E-state index is 0.164. The third-order valence-corrected chi connectivity index (χ3v) is 3.71. The topological polar surface area (TPSA) is 78.9 Å². The van der Waals surface area contributed by atoms with Crippen LogP contribution in [-0.4, -0.2) is 41.7 Å². The molecule has 0 aliphatic heterocycles. The van der Waals surface area contributed by atoms with Crippen LogP contribution < -0.4 is 10.1 Å². The number of carboxylic acids is 1. The molecule has 1 aromatic carbocycles. The number of halogens is 1. The second-order valence-corrected chi connectivity index (χ2v) is 5.41. The van der Waals surface area contributed by atoms with Crippen molar-refractivity contribution in [3.8, 4) is 5.75 Å². The van der Waals surface area contributed by atoms with Crippen molar-refractivity contribution in [1.29, 1.82) is 0 Å². The molecule has 1 unspecified atom stereocenters. The van der Waals surface area contributed by atoms with E-state index in [1.54, 1.807) is 25.3 Å². The van der Waals surface area contributed by atoms with Gasteiger partial charge in [0.25, 0.3) is 0 Å². The molecule has 21 heavy (non-hydrogen) atoms. The summed E-state index contributed by atoms with van der Waals surface area (Å²) >= 11 is 3.33. The molecule has 116 valence electrons. The van der Waals surface area contributed by atoms with Gasteiger partial charge in [-0.1, -0.05) is 6.92 Å². The highest BCUT2D eigenvalue weighted by molar-refractivity contribution is 9.10. The lowest BCUT2D eigenvalue weighted by Gasteiger charge is -2.27. The van der Waals surface area contributed by atoms with Crippen LogP contribution in [0.3, 0.4) is 0 Å². The van der Waals surface area contributed by atoms with Gasteiger partial charge in [-0.05, 0) is 47.5 Å². The molecule has 2 amide bonds. The minimum Gasteiger partial charge on any atom is -0.496 e. The first kappa shape index (κ1) is 17.3. The van der Waals surface area contributed by atoms with E-state index in [1.807, 2.05) is 13.8 Å². The molecule has 0 heterocycles. The van der Waals surface area contributed by atoms with Crippen LogP contribution in [0, 0.1) is 0 Å².